The first-order chi connectivity index (χ1) is 10.1. The summed E-state index contributed by atoms with van der Waals surface area (Å²) < 4.78 is 13.3. The number of halogens is 1. The van der Waals surface area contributed by atoms with Gasteiger partial charge in [0.05, 0.1) is 0 Å². The van der Waals surface area contributed by atoms with Gasteiger partial charge >= 0.3 is 0 Å². The number of nitrogens with one attached hydrogen (secondary N) is 1. The molecule has 0 aromatic heterocycles. The molecule has 3 rings (SSSR count). The molecule has 0 aliphatic carbocycles. The van der Waals surface area contributed by atoms with Crippen molar-refractivity contribution in [2.24, 2.45) is 0 Å². The van der Waals surface area contributed by atoms with Gasteiger partial charge in [0.2, 0.25) is 0 Å². The Morgan fingerprint density at radius 1 is 1.00 bits per heavy atom. The van der Waals surface area contributed by atoms with Crippen LogP contribution in [-0.4, -0.2) is 11.0 Å². The quantitative estimate of drug-likeness (QED) is 0.699. The number of benzene rings is 3. The van der Waals surface area contributed by atoms with E-state index in [2.05, 4.69) is 5.32 Å². The molecular formula is C17H12FNO2. The summed E-state index contributed by atoms with van der Waals surface area (Å²) in [6.07, 6.45) is 0. The van der Waals surface area contributed by atoms with E-state index in [9.17, 15) is 9.18 Å². The van der Waals surface area contributed by atoms with E-state index < -0.39 is 11.6 Å². The van der Waals surface area contributed by atoms with E-state index in [0.717, 1.165) is 16.8 Å². The Hall–Kier alpha value is -2.88. The average molecular weight is 281 g/mol. The van der Waals surface area contributed by atoms with Gasteiger partial charge in [-0.2, -0.15) is 0 Å². The second kappa shape index (κ2) is 5.25. The van der Waals surface area contributed by atoms with Crippen LogP contribution < -0.4 is 5.32 Å². The number of phenols is 1. The number of rotatable bonds is 2. The molecule has 104 valence electrons. The van der Waals surface area contributed by atoms with Gasteiger partial charge in [-0.3, -0.25) is 4.79 Å². The summed E-state index contributed by atoms with van der Waals surface area (Å²) in [4.78, 5) is 12.3. The fourth-order valence-electron chi connectivity index (χ4n) is 2.21. The Morgan fingerprint density at radius 2 is 1.76 bits per heavy atom. The lowest BCUT2D eigenvalue weighted by Gasteiger charge is -2.08. The SMILES string of the molecule is O=C(Nc1ccc(O)c(F)c1)c1cccc2ccccc12. The number of aromatic hydroxyl groups is 1. The van der Waals surface area contributed by atoms with Crippen molar-refractivity contribution in [1.82, 2.24) is 0 Å². The zero-order chi connectivity index (χ0) is 14.8. The smallest absolute Gasteiger partial charge is 0.256 e. The van der Waals surface area contributed by atoms with Crippen molar-refractivity contribution < 1.29 is 14.3 Å². The first-order valence-corrected chi connectivity index (χ1v) is 6.43. The normalized spacial score (nSPS) is 10.5. The predicted octanol–water partition coefficient (Wildman–Crippen LogP) is 3.94. The summed E-state index contributed by atoms with van der Waals surface area (Å²) in [5, 5.41) is 13.6. The molecule has 1 amide bonds. The Morgan fingerprint density at radius 3 is 2.57 bits per heavy atom. The molecular weight excluding hydrogens is 269 g/mol. The summed E-state index contributed by atoms with van der Waals surface area (Å²) in [6, 6.07) is 16.7. The lowest BCUT2D eigenvalue weighted by molar-refractivity contribution is 0.102. The largest absolute Gasteiger partial charge is 0.505 e. The third-order valence-electron chi connectivity index (χ3n) is 3.24. The highest BCUT2D eigenvalue weighted by atomic mass is 19.1. The van der Waals surface area contributed by atoms with Crippen LogP contribution in [0.1, 0.15) is 10.4 Å². The number of hydrogen-bond acceptors (Lipinski definition) is 2. The average Bonchev–Trinajstić information content (AvgIpc) is 2.50. The second-order valence-corrected chi connectivity index (χ2v) is 4.65. The van der Waals surface area contributed by atoms with E-state index in [1.165, 1.54) is 12.1 Å². The molecule has 0 heterocycles. The standard InChI is InChI=1S/C17H12FNO2/c18-15-10-12(8-9-16(15)20)19-17(21)14-7-3-5-11-4-1-2-6-13(11)14/h1-10,20H,(H,19,21). The maximum atomic E-state index is 13.3. The minimum absolute atomic E-state index is 0.295. The van der Waals surface area contributed by atoms with E-state index in [1.54, 1.807) is 12.1 Å². The molecule has 0 bridgehead atoms. The number of phenolic OH excluding ortho intramolecular Hbond substituents is 1. The van der Waals surface area contributed by atoms with Crippen LogP contribution in [0.3, 0.4) is 0 Å². The van der Waals surface area contributed by atoms with Crippen LogP contribution in [0.5, 0.6) is 5.75 Å². The highest BCUT2D eigenvalue weighted by Gasteiger charge is 2.11. The van der Waals surface area contributed by atoms with Crippen LogP contribution in [0.15, 0.2) is 60.7 Å². The molecule has 0 atom stereocenters. The monoisotopic (exact) mass is 281 g/mol. The number of fused-ring (bicyclic) bond motifs is 1. The van der Waals surface area contributed by atoms with Crippen LogP contribution in [0.2, 0.25) is 0 Å². The van der Waals surface area contributed by atoms with Gasteiger partial charge in [0.25, 0.3) is 5.91 Å². The minimum atomic E-state index is -0.772. The summed E-state index contributed by atoms with van der Waals surface area (Å²) in [5.74, 6) is -1.54. The fraction of sp³-hybridized carbons (Fsp3) is 0. The van der Waals surface area contributed by atoms with E-state index in [0.29, 0.717) is 11.3 Å². The van der Waals surface area contributed by atoms with Crippen molar-refractivity contribution in [2.45, 2.75) is 0 Å². The van der Waals surface area contributed by atoms with Gasteiger partial charge in [0.15, 0.2) is 11.6 Å². The van der Waals surface area contributed by atoms with Crippen LogP contribution >= 0.6 is 0 Å². The lowest BCUT2D eigenvalue weighted by atomic mass is 10.0. The van der Waals surface area contributed by atoms with Crippen molar-refractivity contribution in [1.29, 1.82) is 0 Å². The van der Waals surface area contributed by atoms with Crippen molar-refractivity contribution in [3.05, 3.63) is 72.0 Å². The zero-order valence-corrected chi connectivity index (χ0v) is 11.0. The summed E-state index contributed by atoms with van der Waals surface area (Å²) in [6.45, 7) is 0. The summed E-state index contributed by atoms with van der Waals surface area (Å²) >= 11 is 0. The minimum Gasteiger partial charge on any atom is -0.505 e. The van der Waals surface area contributed by atoms with Crippen LogP contribution in [0.4, 0.5) is 10.1 Å². The molecule has 0 fully saturated rings. The first kappa shape index (κ1) is 13.1. The molecule has 2 N–H and O–H groups in total. The Balaban J connectivity index is 1.95. The highest BCUT2D eigenvalue weighted by molar-refractivity contribution is 6.12. The van der Waals surface area contributed by atoms with Crippen molar-refractivity contribution >= 4 is 22.4 Å². The molecule has 0 aliphatic heterocycles. The van der Waals surface area contributed by atoms with Gasteiger partial charge in [-0.1, -0.05) is 36.4 Å². The molecule has 0 unspecified atom stereocenters. The number of amides is 1. The predicted molar refractivity (Wildman–Crippen MR) is 80.0 cm³/mol. The highest BCUT2D eigenvalue weighted by Crippen LogP contribution is 2.22. The third-order valence-corrected chi connectivity index (χ3v) is 3.24. The van der Waals surface area contributed by atoms with Crippen LogP contribution in [0.25, 0.3) is 10.8 Å². The summed E-state index contributed by atoms with van der Waals surface area (Å²) in [5.41, 5.74) is 0.810. The van der Waals surface area contributed by atoms with Gasteiger partial charge in [-0.25, -0.2) is 4.39 Å². The van der Waals surface area contributed by atoms with Crippen molar-refractivity contribution in [2.75, 3.05) is 5.32 Å². The Kier molecular flexibility index (Phi) is 3.28. The molecule has 0 aliphatic rings. The summed E-state index contributed by atoms with van der Waals surface area (Å²) in [7, 11) is 0. The Bertz CT molecular complexity index is 825. The van der Waals surface area contributed by atoms with Crippen molar-refractivity contribution in [3.8, 4) is 5.75 Å². The third kappa shape index (κ3) is 2.56. The number of carbonyl (C=O) groups is 1. The number of hydrogen-bond donors (Lipinski definition) is 2. The zero-order valence-electron chi connectivity index (χ0n) is 11.0. The van der Waals surface area contributed by atoms with Crippen LogP contribution in [0, 0.1) is 5.82 Å². The van der Waals surface area contributed by atoms with Gasteiger partial charge in [-0.05, 0) is 29.0 Å². The first-order valence-electron chi connectivity index (χ1n) is 6.43. The van der Waals surface area contributed by atoms with Crippen molar-refractivity contribution in [3.63, 3.8) is 0 Å². The molecule has 3 aromatic carbocycles. The molecule has 4 heteroatoms. The van der Waals surface area contributed by atoms with Crippen LogP contribution in [-0.2, 0) is 0 Å². The number of anilines is 1. The molecule has 0 saturated carbocycles. The maximum absolute atomic E-state index is 13.3. The van der Waals surface area contributed by atoms with E-state index in [1.807, 2.05) is 30.3 Å². The molecule has 3 nitrogen and oxygen atoms in total. The van der Waals surface area contributed by atoms with Gasteiger partial charge < -0.3 is 10.4 Å². The van der Waals surface area contributed by atoms with Gasteiger partial charge in [0, 0.05) is 17.3 Å². The van der Waals surface area contributed by atoms with Gasteiger partial charge in [-0.15, -0.1) is 0 Å². The maximum Gasteiger partial charge on any atom is 0.256 e. The fourth-order valence-corrected chi connectivity index (χ4v) is 2.21. The van der Waals surface area contributed by atoms with Gasteiger partial charge in [0.1, 0.15) is 0 Å². The molecule has 0 saturated heterocycles. The molecule has 21 heavy (non-hydrogen) atoms. The molecule has 0 spiro atoms. The lowest BCUT2D eigenvalue weighted by Crippen LogP contribution is -2.12. The van der Waals surface area contributed by atoms with E-state index in [-0.39, 0.29) is 5.91 Å². The second-order valence-electron chi connectivity index (χ2n) is 4.65. The Labute approximate surface area is 120 Å². The topological polar surface area (TPSA) is 49.3 Å². The van der Waals surface area contributed by atoms with E-state index >= 15 is 0 Å². The number of carbonyl (C=O) groups excluding carboxylic acids is 1. The molecule has 3 aromatic rings. The van der Waals surface area contributed by atoms with E-state index in [4.69, 9.17) is 5.11 Å². The molecule has 0 radical (unpaired) electrons.